The first-order valence-corrected chi connectivity index (χ1v) is 7.23. The molecule has 0 radical (unpaired) electrons. The Morgan fingerprint density at radius 1 is 1.28 bits per heavy atom. The second-order valence-corrected chi connectivity index (χ2v) is 5.65. The van der Waals surface area contributed by atoms with Gasteiger partial charge in [-0.1, -0.05) is 19.4 Å². The van der Waals surface area contributed by atoms with Crippen LogP contribution in [-0.2, 0) is 6.54 Å². The zero-order valence-electron chi connectivity index (χ0n) is 11.1. The molecule has 0 amide bonds. The molecule has 0 spiro atoms. The van der Waals surface area contributed by atoms with E-state index in [1.54, 1.807) is 6.07 Å². The molecule has 0 bridgehead atoms. The summed E-state index contributed by atoms with van der Waals surface area (Å²) in [4.78, 5) is 14.7. The predicted octanol–water partition coefficient (Wildman–Crippen LogP) is 2.21. The van der Waals surface area contributed by atoms with Crippen LogP contribution in [0.5, 0.6) is 0 Å². The Morgan fingerprint density at radius 2 is 2.17 bits per heavy atom. The van der Waals surface area contributed by atoms with Gasteiger partial charge in [-0.3, -0.25) is 9.69 Å². The highest BCUT2D eigenvalue weighted by Crippen LogP contribution is 2.29. The summed E-state index contributed by atoms with van der Waals surface area (Å²) in [7, 11) is 0. The van der Waals surface area contributed by atoms with Gasteiger partial charge in [0, 0.05) is 36.8 Å². The zero-order valence-corrected chi connectivity index (χ0v) is 11.1. The SMILES string of the molecule is CC[C@H]1CN2CCCC[C@H]2Cn2c1cccc2=O. The van der Waals surface area contributed by atoms with Gasteiger partial charge in [-0.25, -0.2) is 0 Å². The molecule has 0 aromatic carbocycles. The van der Waals surface area contributed by atoms with E-state index in [0.717, 1.165) is 19.5 Å². The highest BCUT2D eigenvalue weighted by molar-refractivity contribution is 5.14. The van der Waals surface area contributed by atoms with Crippen LogP contribution >= 0.6 is 0 Å². The first kappa shape index (κ1) is 12.0. The first-order valence-electron chi connectivity index (χ1n) is 7.23. The summed E-state index contributed by atoms with van der Waals surface area (Å²) in [5, 5.41) is 0. The lowest BCUT2D eigenvalue weighted by molar-refractivity contribution is 0.136. The molecule has 1 saturated heterocycles. The van der Waals surface area contributed by atoms with Crippen LogP contribution in [0, 0.1) is 0 Å². The number of rotatable bonds is 1. The number of pyridine rings is 1. The second-order valence-electron chi connectivity index (χ2n) is 5.65. The fraction of sp³-hybridized carbons (Fsp3) is 0.667. The molecule has 1 fully saturated rings. The maximum atomic E-state index is 12.1. The number of hydrogen-bond donors (Lipinski definition) is 0. The molecule has 0 aliphatic carbocycles. The molecule has 18 heavy (non-hydrogen) atoms. The lowest BCUT2D eigenvalue weighted by Gasteiger charge is -2.35. The maximum absolute atomic E-state index is 12.1. The number of fused-ring (bicyclic) bond motifs is 2. The Bertz CT molecular complexity index is 480. The van der Waals surface area contributed by atoms with E-state index < -0.39 is 0 Å². The van der Waals surface area contributed by atoms with Crippen LogP contribution in [0.2, 0.25) is 0 Å². The summed E-state index contributed by atoms with van der Waals surface area (Å²) in [5.41, 5.74) is 1.43. The Hall–Kier alpha value is -1.09. The Labute approximate surface area is 108 Å². The van der Waals surface area contributed by atoms with E-state index in [0.29, 0.717) is 12.0 Å². The smallest absolute Gasteiger partial charge is 0.250 e. The molecule has 2 atom stereocenters. The van der Waals surface area contributed by atoms with Gasteiger partial charge in [0.1, 0.15) is 0 Å². The highest BCUT2D eigenvalue weighted by atomic mass is 16.1. The molecular weight excluding hydrogens is 224 g/mol. The van der Waals surface area contributed by atoms with E-state index in [9.17, 15) is 4.79 Å². The molecule has 2 aliphatic rings. The van der Waals surface area contributed by atoms with Gasteiger partial charge >= 0.3 is 0 Å². The van der Waals surface area contributed by atoms with Gasteiger partial charge in [0.2, 0.25) is 0 Å². The van der Waals surface area contributed by atoms with Gasteiger partial charge < -0.3 is 4.57 Å². The third kappa shape index (κ3) is 2.01. The van der Waals surface area contributed by atoms with Gasteiger partial charge in [0.25, 0.3) is 5.56 Å². The minimum Gasteiger partial charge on any atom is -0.311 e. The fourth-order valence-corrected chi connectivity index (χ4v) is 3.52. The monoisotopic (exact) mass is 246 g/mol. The lowest BCUT2D eigenvalue weighted by Crippen LogP contribution is -2.42. The van der Waals surface area contributed by atoms with Crippen LogP contribution in [0.4, 0.5) is 0 Å². The first-order chi connectivity index (χ1) is 8.79. The molecule has 0 saturated carbocycles. The average Bonchev–Trinajstić information content (AvgIpc) is 2.56. The number of piperidine rings is 1. The van der Waals surface area contributed by atoms with Crippen molar-refractivity contribution in [2.75, 3.05) is 13.1 Å². The van der Waals surface area contributed by atoms with E-state index in [2.05, 4.69) is 17.9 Å². The molecule has 3 heterocycles. The summed E-state index contributed by atoms with van der Waals surface area (Å²) in [5.74, 6) is 0.516. The summed E-state index contributed by atoms with van der Waals surface area (Å²) in [6.07, 6.45) is 5.00. The largest absolute Gasteiger partial charge is 0.311 e. The highest BCUT2D eigenvalue weighted by Gasteiger charge is 2.30. The van der Waals surface area contributed by atoms with E-state index >= 15 is 0 Å². The zero-order chi connectivity index (χ0) is 12.5. The summed E-state index contributed by atoms with van der Waals surface area (Å²) in [6, 6.07) is 6.35. The van der Waals surface area contributed by atoms with Crippen molar-refractivity contribution in [2.24, 2.45) is 0 Å². The van der Waals surface area contributed by atoms with E-state index in [4.69, 9.17) is 0 Å². The Kier molecular flexibility index (Phi) is 3.25. The minimum absolute atomic E-state index is 0.179. The van der Waals surface area contributed by atoms with Crippen molar-refractivity contribution in [1.82, 2.24) is 9.47 Å². The number of hydrogen-bond acceptors (Lipinski definition) is 2. The van der Waals surface area contributed by atoms with Crippen molar-refractivity contribution in [3.8, 4) is 0 Å². The molecule has 1 aromatic heterocycles. The Balaban J connectivity index is 2.02. The molecule has 2 aliphatic heterocycles. The summed E-state index contributed by atoms with van der Waals surface area (Å²) >= 11 is 0. The van der Waals surface area contributed by atoms with Gasteiger partial charge in [-0.15, -0.1) is 0 Å². The standard InChI is InChI=1S/C15H22N2O/c1-2-12-10-16-9-4-3-6-13(16)11-17-14(12)7-5-8-15(17)18/h5,7-8,12-13H,2-4,6,9-11H2,1H3/t12-,13-/m0/s1. The van der Waals surface area contributed by atoms with Gasteiger partial charge in [-0.2, -0.15) is 0 Å². The average molecular weight is 246 g/mol. The fourth-order valence-electron chi connectivity index (χ4n) is 3.52. The van der Waals surface area contributed by atoms with E-state index in [1.165, 1.54) is 31.5 Å². The molecular formula is C15H22N2O. The van der Waals surface area contributed by atoms with Crippen molar-refractivity contribution in [2.45, 2.75) is 51.1 Å². The van der Waals surface area contributed by atoms with Crippen LogP contribution in [0.1, 0.15) is 44.2 Å². The topological polar surface area (TPSA) is 25.2 Å². The van der Waals surface area contributed by atoms with Crippen LogP contribution in [0.25, 0.3) is 0 Å². The molecule has 0 N–H and O–H groups in total. The van der Waals surface area contributed by atoms with Gasteiger partial charge in [-0.05, 0) is 31.9 Å². The molecule has 98 valence electrons. The van der Waals surface area contributed by atoms with Gasteiger partial charge in [0.05, 0.1) is 0 Å². The van der Waals surface area contributed by atoms with Crippen LogP contribution < -0.4 is 5.56 Å². The normalized spacial score (nSPS) is 28.3. The van der Waals surface area contributed by atoms with Crippen molar-refractivity contribution in [3.63, 3.8) is 0 Å². The van der Waals surface area contributed by atoms with Crippen molar-refractivity contribution >= 4 is 0 Å². The number of nitrogens with zero attached hydrogens (tertiary/aromatic N) is 2. The van der Waals surface area contributed by atoms with Crippen molar-refractivity contribution in [3.05, 3.63) is 34.2 Å². The van der Waals surface area contributed by atoms with Crippen LogP contribution in [0.15, 0.2) is 23.0 Å². The maximum Gasteiger partial charge on any atom is 0.250 e. The molecule has 3 rings (SSSR count). The third-order valence-corrected chi connectivity index (χ3v) is 4.59. The van der Waals surface area contributed by atoms with E-state index in [-0.39, 0.29) is 5.56 Å². The van der Waals surface area contributed by atoms with Crippen LogP contribution in [-0.4, -0.2) is 28.6 Å². The van der Waals surface area contributed by atoms with E-state index in [1.807, 2.05) is 10.6 Å². The lowest BCUT2D eigenvalue weighted by atomic mass is 9.98. The third-order valence-electron chi connectivity index (χ3n) is 4.59. The minimum atomic E-state index is 0.179. The molecule has 0 unspecified atom stereocenters. The molecule has 1 aromatic rings. The summed E-state index contributed by atoms with van der Waals surface area (Å²) in [6.45, 7) is 5.47. The number of aromatic nitrogens is 1. The summed E-state index contributed by atoms with van der Waals surface area (Å²) < 4.78 is 2.03. The van der Waals surface area contributed by atoms with Crippen molar-refractivity contribution in [1.29, 1.82) is 0 Å². The Morgan fingerprint density at radius 3 is 3.00 bits per heavy atom. The second kappa shape index (κ2) is 4.88. The van der Waals surface area contributed by atoms with Crippen molar-refractivity contribution < 1.29 is 0 Å². The molecule has 3 nitrogen and oxygen atoms in total. The van der Waals surface area contributed by atoms with Gasteiger partial charge in [0.15, 0.2) is 0 Å². The molecule has 3 heteroatoms. The van der Waals surface area contributed by atoms with Crippen LogP contribution in [0.3, 0.4) is 0 Å². The predicted molar refractivity (Wildman–Crippen MR) is 72.9 cm³/mol. The quantitative estimate of drug-likeness (QED) is 0.759.